The molecule has 0 aromatic heterocycles. The Hall–Kier alpha value is -2.05. The number of nitrogens with one attached hydrogen (secondary N) is 1. The monoisotopic (exact) mass is 438 g/mol. The molecular formula is C24H46N4O3. The summed E-state index contributed by atoms with van der Waals surface area (Å²) in [6.45, 7) is 2.61. The standard InChI is InChI=1S/C24H46N4O3/c1-2-3-4-5-6-7-8-9-10-11-12-13-14-15-16-19-22(29)28-21(23(30)31)18-17-20-27-24(25)26/h9-10,21H,2-8,11-20H2,1H3,(H,28,29)(H,30,31)(H4,25,26,27)/b10-9-. The largest absolute Gasteiger partial charge is 0.480 e. The highest BCUT2D eigenvalue weighted by Crippen LogP contribution is 2.10. The third-order valence-corrected chi connectivity index (χ3v) is 5.24. The molecule has 31 heavy (non-hydrogen) atoms. The maximum Gasteiger partial charge on any atom is 0.326 e. The van der Waals surface area contributed by atoms with Crippen LogP contribution in [0.15, 0.2) is 17.1 Å². The van der Waals surface area contributed by atoms with Crippen molar-refractivity contribution in [2.45, 2.75) is 116 Å². The van der Waals surface area contributed by atoms with Crippen LogP contribution in [-0.2, 0) is 9.59 Å². The number of hydrogen-bond acceptors (Lipinski definition) is 3. The molecular weight excluding hydrogens is 392 g/mol. The second-order valence-electron chi connectivity index (χ2n) is 8.24. The minimum atomic E-state index is -1.03. The highest BCUT2D eigenvalue weighted by molar-refractivity contribution is 5.83. The average molecular weight is 439 g/mol. The maximum atomic E-state index is 12.0. The molecule has 0 saturated carbocycles. The number of unbranched alkanes of at least 4 members (excludes halogenated alkanes) is 11. The van der Waals surface area contributed by atoms with Crippen molar-refractivity contribution in [2.24, 2.45) is 16.5 Å². The van der Waals surface area contributed by atoms with Crippen molar-refractivity contribution >= 4 is 17.8 Å². The van der Waals surface area contributed by atoms with Crippen molar-refractivity contribution in [3.8, 4) is 0 Å². The molecule has 0 aliphatic heterocycles. The van der Waals surface area contributed by atoms with Gasteiger partial charge in [0, 0.05) is 13.0 Å². The van der Waals surface area contributed by atoms with E-state index in [1.807, 2.05) is 0 Å². The topological polar surface area (TPSA) is 131 Å². The van der Waals surface area contributed by atoms with Gasteiger partial charge in [0.1, 0.15) is 6.04 Å². The number of hydrogen-bond donors (Lipinski definition) is 4. The molecule has 1 unspecified atom stereocenters. The zero-order valence-electron chi connectivity index (χ0n) is 19.6. The van der Waals surface area contributed by atoms with Crippen LogP contribution in [0.5, 0.6) is 0 Å². The van der Waals surface area contributed by atoms with E-state index in [0.717, 1.165) is 25.7 Å². The molecule has 7 nitrogen and oxygen atoms in total. The van der Waals surface area contributed by atoms with Gasteiger partial charge in [0.05, 0.1) is 0 Å². The summed E-state index contributed by atoms with van der Waals surface area (Å²) in [4.78, 5) is 27.1. The van der Waals surface area contributed by atoms with Gasteiger partial charge in [0.15, 0.2) is 5.96 Å². The Balaban J connectivity index is 3.61. The Labute approximate surface area is 189 Å². The molecule has 0 spiro atoms. The van der Waals surface area contributed by atoms with Gasteiger partial charge in [-0.25, -0.2) is 4.79 Å². The number of carbonyl (C=O) groups excluding carboxylic acids is 1. The number of carbonyl (C=O) groups is 2. The minimum Gasteiger partial charge on any atom is -0.480 e. The van der Waals surface area contributed by atoms with Gasteiger partial charge in [-0.2, -0.15) is 0 Å². The van der Waals surface area contributed by atoms with E-state index in [-0.39, 0.29) is 11.9 Å². The van der Waals surface area contributed by atoms with E-state index in [1.165, 1.54) is 57.8 Å². The van der Waals surface area contributed by atoms with Crippen LogP contribution in [0.1, 0.15) is 110 Å². The van der Waals surface area contributed by atoms with Gasteiger partial charge in [-0.3, -0.25) is 9.79 Å². The highest BCUT2D eigenvalue weighted by Gasteiger charge is 2.18. The summed E-state index contributed by atoms with van der Waals surface area (Å²) in [5.41, 5.74) is 10.5. The minimum absolute atomic E-state index is 0.0138. The molecule has 6 N–H and O–H groups in total. The fraction of sp³-hybridized carbons (Fsp3) is 0.792. The summed E-state index contributed by atoms with van der Waals surface area (Å²) in [6, 6.07) is -0.884. The molecule has 0 aliphatic carbocycles. The van der Waals surface area contributed by atoms with Crippen LogP contribution in [0.25, 0.3) is 0 Å². The molecule has 0 fully saturated rings. The summed E-state index contributed by atoms with van der Waals surface area (Å²) in [5, 5.41) is 11.8. The molecule has 0 radical (unpaired) electrons. The lowest BCUT2D eigenvalue weighted by molar-refractivity contribution is -0.142. The molecule has 0 rings (SSSR count). The zero-order chi connectivity index (χ0) is 23.2. The molecule has 7 heteroatoms. The number of nitrogens with two attached hydrogens (primary N) is 2. The van der Waals surface area contributed by atoms with Gasteiger partial charge in [-0.15, -0.1) is 0 Å². The Bertz CT molecular complexity index is 517. The summed E-state index contributed by atoms with van der Waals surface area (Å²) in [7, 11) is 0. The molecule has 180 valence electrons. The highest BCUT2D eigenvalue weighted by atomic mass is 16.4. The van der Waals surface area contributed by atoms with E-state index in [4.69, 9.17) is 11.5 Å². The first-order valence-corrected chi connectivity index (χ1v) is 12.2. The third-order valence-electron chi connectivity index (χ3n) is 5.24. The van der Waals surface area contributed by atoms with Crippen LogP contribution in [-0.4, -0.2) is 35.5 Å². The van der Waals surface area contributed by atoms with Gasteiger partial charge >= 0.3 is 5.97 Å². The maximum absolute atomic E-state index is 12.0. The molecule has 0 heterocycles. The normalized spacial score (nSPS) is 12.0. The molecule has 0 aliphatic rings. The molecule has 1 amide bonds. The number of nitrogens with zero attached hydrogens (tertiary/aromatic N) is 1. The summed E-state index contributed by atoms with van der Waals surface area (Å²) in [5.74, 6) is -1.24. The van der Waals surface area contributed by atoms with Crippen molar-refractivity contribution in [1.82, 2.24) is 5.32 Å². The van der Waals surface area contributed by atoms with Crippen molar-refractivity contribution in [2.75, 3.05) is 6.54 Å². The lowest BCUT2D eigenvalue weighted by Gasteiger charge is -2.14. The van der Waals surface area contributed by atoms with Crippen LogP contribution in [0.2, 0.25) is 0 Å². The second kappa shape index (κ2) is 21.2. The first-order valence-electron chi connectivity index (χ1n) is 12.2. The fourth-order valence-corrected chi connectivity index (χ4v) is 3.38. The van der Waals surface area contributed by atoms with Gasteiger partial charge in [-0.05, 0) is 44.9 Å². The third kappa shape index (κ3) is 21.0. The summed E-state index contributed by atoms with van der Waals surface area (Å²) in [6.07, 6.45) is 21.5. The van der Waals surface area contributed by atoms with Crippen molar-refractivity contribution in [1.29, 1.82) is 0 Å². The zero-order valence-corrected chi connectivity index (χ0v) is 19.6. The summed E-state index contributed by atoms with van der Waals surface area (Å²) >= 11 is 0. The molecule has 0 bridgehead atoms. The Morgan fingerprint density at radius 2 is 1.42 bits per heavy atom. The Kier molecular flexibility index (Phi) is 19.8. The molecule has 0 saturated heterocycles. The van der Waals surface area contributed by atoms with Crippen LogP contribution in [0.4, 0.5) is 0 Å². The van der Waals surface area contributed by atoms with Crippen LogP contribution < -0.4 is 16.8 Å². The smallest absolute Gasteiger partial charge is 0.326 e. The first-order chi connectivity index (χ1) is 15.0. The molecule has 1 atom stereocenters. The van der Waals surface area contributed by atoms with E-state index in [0.29, 0.717) is 25.8 Å². The van der Waals surface area contributed by atoms with Crippen LogP contribution in [0.3, 0.4) is 0 Å². The van der Waals surface area contributed by atoms with E-state index >= 15 is 0 Å². The van der Waals surface area contributed by atoms with Gasteiger partial charge in [0.2, 0.25) is 5.91 Å². The number of guanidine groups is 1. The number of amides is 1. The second-order valence-corrected chi connectivity index (χ2v) is 8.24. The van der Waals surface area contributed by atoms with Crippen molar-refractivity contribution < 1.29 is 14.7 Å². The number of allylic oxidation sites excluding steroid dienone is 2. The number of carboxylic acid groups (broad SMARTS) is 1. The molecule has 0 aromatic carbocycles. The van der Waals surface area contributed by atoms with Gasteiger partial charge in [-0.1, -0.05) is 70.4 Å². The van der Waals surface area contributed by atoms with Crippen molar-refractivity contribution in [3.63, 3.8) is 0 Å². The van der Waals surface area contributed by atoms with Crippen molar-refractivity contribution in [3.05, 3.63) is 12.2 Å². The predicted molar refractivity (Wildman–Crippen MR) is 129 cm³/mol. The lowest BCUT2D eigenvalue weighted by Crippen LogP contribution is -2.40. The Morgan fingerprint density at radius 1 is 0.871 bits per heavy atom. The SMILES string of the molecule is CCCCCCCC/C=C\CCCCCCCC(=O)NC(CCCN=C(N)N)C(=O)O. The average Bonchev–Trinajstić information content (AvgIpc) is 2.72. The van der Waals surface area contributed by atoms with Crippen LogP contribution >= 0.6 is 0 Å². The number of rotatable bonds is 21. The van der Waals surface area contributed by atoms with E-state index in [2.05, 4.69) is 29.4 Å². The number of carboxylic acids is 1. The van der Waals surface area contributed by atoms with E-state index in [1.54, 1.807) is 0 Å². The predicted octanol–water partition coefficient (Wildman–Crippen LogP) is 4.65. The lowest BCUT2D eigenvalue weighted by atomic mass is 10.1. The number of aliphatic carboxylic acids is 1. The quantitative estimate of drug-likeness (QED) is 0.0896. The van der Waals surface area contributed by atoms with Crippen LogP contribution in [0, 0.1) is 0 Å². The van der Waals surface area contributed by atoms with Gasteiger partial charge < -0.3 is 21.9 Å². The fourth-order valence-electron chi connectivity index (χ4n) is 3.38. The van der Waals surface area contributed by atoms with Gasteiger partial charge in [0.25, 0.3) is 0 Å². The Morgan fingerprint density at radius 3 is 1.97 bits per heavy atom. The molecule has 0 aromatic rings. The summed E-state index contributed by atoms with van der Waals surface area (Å²) < 4.78 is 0. The number of aliphatic imine (C=N–C) groups is 1. The van der Waals surface area contributed by atoms with E-state index in [9.17, 15) is 14.7 Å². The first kappa shape index (κ1) is 28.9. The van der Waals surface area contributed by atoms with E-state index < -0.39 is 12.0 Å².